The number of hydrogen-bond donors (Lipinski definition) is 4. The van der Waals surface area contributed by atoms with Crippen LogP contribution in [-0.2, 0) is 23.7 Å². The summed E-state index contributed by atoms with van der Waals surface area (Å²) in [4.78, 5) is 12.4. The van der Waals surface area contributed by atoms with Crippen LogP contribution in [0.3, 0.4) is 0 Å². The van der Waals surface area contributed by atoms with Gasteiger partial charge in [0.05, 0.1) is 19.8 Å². The second-order valence-electron chi connectivity index (χ2n) is 12.6. The Balaban J connectivity index is 2.23. The van der Waals surface area contributed by atoms with E-state index in [4.69, 9.17) is 18.9 Å². The first-order chi connectivity index (χ1) is 24.9. The first-order valence-electron chi connectivity index (χ1n) is 19.2. The molecule has 0 amide bonds. The molecule has 1 fully saturated rings. The number of aliphatic hydroxyl groups is 4. The van der Waals surface area contributed by atoms with Gasteiger partial charge in [-0.2, -0.15) is 0 Å². The number of carbonyl (C=O) groups is 1. The first kappa shape index (κ1) is 46.4. The highest BCUT2D eigenvalue weighted by molar-refractivity contribution is 5.69. The zero-order valence-electron chi connectivity index (χ0n) is 31.3. The van der Waals surface area contributed by atoms with Crippen LogP contribution >= 0.6 is 0 Å². The van der Waals surface area contributed by atoms with Crippen LogP contribution in [0, 0.1) is 0 Å². The molecular formula is C42H68O9. The molecule has 9 nitrogen and oxygen atoms in total. The molecule has 1 aliphatic rings. The molecule has 0 aliphatic carbocycles. The van der Waals surface area contributed by atoms with Gasteiger partial charge in [0.15, 0.2) is 6.29 Å². The van der Waals surface area contributed by atoms with Crippen molar-refractivity contribution in [1.29, 1.82) is 0 Å². The molecule has 0 radical (unpaired) electrons. The predicted octanol–water partition coefficient (Wildman–Crippen LogP) is 7.52. The van der Waals surface area contributed by atoms with E-state index in [0.29, 0.717) is 13.0 Å². The quantitative estimate of drug-likeness (QED) is 0.0338. The van der Waals surface area contributed by atoms with Gasteiger partial charge in [0.2, 0.25) is 0 Å². The monoisotopic (exact) mass is 716 g/mol. The van der Waals surface area contributed by atoms with Crippen LogP contribution in [0.1, 0.15) is 110 Å². The summed E-state index contributed by atoms with van der Waals surface area (Å²) in [6.07, 6.45) is 36.8. The Kier molecular flexibility index (Phi) is 30.2. The van der Waals surface area contributed by atoms with Gasteiger partial charge >= 0.3 is 5.97 Å². The number of ether oxygens (including phenoxy) is 4. The maximum absolute atomic E-state index is 12.4. The summed E-state index contributed by atoms with van der Waals surface area (Å²) in [7, 11) is 0. The molecule has 290 valence electrons. The highest BCUT2D eigenvalue weighted by Gasteiger charge is 2.44. The molecule has 1 saturated heterocycles. The van der Waals surface area contributed by atoms with Crippen LogP contribution in [-0.4, -0.2) is 89.6 Å². The normalized spacial score (nSPS) is 22.4. The highest BCUT2D eigenvalue weighted by atomic mass is 16.7. The van der Waals surface area contributed by atoms with Crippen molar-refractivity contribution in [3.8, 4) is 0 Å². The lowest BCUT2D eigenvalue weighted by Gasteiger charge is -2.39. The Morgan fingerprint density at radius 3 is 1.73 bits per heavy atom. The van der Waals surface area contributed by atoms with Crippen LogP contribution in [0.4, 0.5) is 0 Å². The molecule has 0 aromatic heterocycles. The number of hydrogen-bond acceptors (Lipinski definition) is 9. The van der Waals surface area contributed by atoms with Crippen molar-refractivity contribution in [1.82, 2.24) is 0 Å². The molecule has 1 aliphatic heterocycles. The molecule has 9 heteroatoms. The molecule has 1 rings (SSSR count). The van der Waals surface area contributed by atoms with Crippen molar-refractivity contribution < 1.29 is 44.2 Å². The molecule has 0 saturated carbocycles. The lowest BCUT2D eigenvalue weighted by molar-refractivity contribution is -0.305. The van der Waals surface area contributed by atoms with Crippen molar-refractivity contribution in [3.63, 3.8) is 0 Å². The molecule has 1 heterocycles. The van der Waals surface area contributed by atoms with Gasteiger partial charge in [-0.25, -0.2) is 0 Å². The number of carbonyl (C=O) groups excluding carboxylic acids is 1. The summed E-state index contributed by atoms with van der Waals surface area (Å²) in [6.45, 7) is 4.16. The van der Waals surface area contributed by atoms with E-state index in [1.165, 1.54) is 0 Å². The lowest BCUT2D eigenvalue weighted by atomic mass is 9.99. The fourth-order valence-electron chi connectivity index (χ4n) is 5.06. The second kappa shape index (κ2) is 33.2. The van der Waals surface area contributed by atoms with Crippen molar-refractivity contribution in [2.45, 2.75) is 147 Å². The minimum Gasteiger partial charge on any atom is -0.457 e. The Morgan fingerprint density at radius 2 is 1.20 bits per heavy atom. The zero-order valence-corrected chi connectivity index (χ0v) is 31.3. The topological polar surface area (TPSA) is 135 Å². The van der Waals surface area contributed by atoms with E-state index in [2.05, 4.69) is 98.9 Å². The Labute approximate surface area is 308 Å². The molecule has 6 atom stereocenters. The van der Waals surface area contributed by atoms with Crippen LogP contribution in [0.15, 0.2) is 85.1 Å². The predicted molar refractivity (Wildman–Crippen MR) is 205 cm³/mol. The Morgan fingerprint density at radius 1 is 0.647 bits per heavy atom. The maximum Gasteiger partial charge on any atom is 0.306 e. The van der Waals surface area contributed by atoms with Crippen LogP contribution < -0.4 is 0 Å². The standard InChI is InChI=1S/C42H68O9/c1-3-5-7-9-10-11-12-13-14-15-16-17-18-19-20-21-22-23-24-25-26-27-28-30-32-48-34-36(50-38(44)31-29-8-6-4-2)35-49-42-41(47)40(46)39(45)37(33-43)51-42/h5,7,10-11,13-14,16-17,19-20,22-23,25-26,36-37,39-43,45-47H,3-4,6,8-9,12,15,18,21,24,27-35H2,1-2H3/b7-5-,11-10-,14-13-,17-16-,20-19-,23-22-,26-25-. The second-order valence-corrected chi connectivity index (χ2v) is 12.6. The fraction of sp³-hybridized carbons (Fsp3) is 0.643. The average molecular weight is 717 g/mol. The third-order valence-electron chi connectivity index (χ3n) is 8.08. The third-order valence-corrected chi connectivity index (χ3v) is 8.08. The van der Waals surface area contributed by atoms with E-state index in [1.54, 1.807) is 0 Å². The van der Waals surface area contributed by atoms with Gasteiger partial charge in [-0.1, -0.05) is 118 Å². The minimum absolute atomic E-state index is 0.108. The van der Waals surface area contributed by atoms with E-state index >= 15 is 0 Å². The SMILES string of the molecule is CC/C=C\C/C=C\C/C=C\C/C=C\C/C=C\C/C=C\C/C=C\CCCCOCC(COC1OC(CO)C(O)C(O)C1O)OC(=O)CCCCCC. The number of esters is 1. The summed E-state index contributed by atoms with van der Waals surface area (Å²) in [6, 6.07) is 0. The zero-order chi connectivity index (χ0) is 37.2. The third kappa shape index (κ3) is 25.1. The van der Waals surface area contributed by atoms with Gasteiger partial charge in [0.25, 0.3) is 0 Å². The molecule has 51 heavy (non-hydrogen) atoms. The Bertz CT molecular complexity index is 1040. The number of unbranched alkanes of at least 4 members (excludes halogenated alkanes) is 5. The van der Waals surface area contributed by atoms with Crippen LogP contribution in [0.5, 0.6) is 0 Å². The summed E-state index contributed by atoms with van der Waals surface area (Å²) in [5, 5.41) is 39.7. The van der Waals surface area contributed by atoms with Crippen LogP contribution in [0.25, 0.3) is 0 Å². The van der Waals surface area contributed by atoms with E-state index in [-0.39, 0.29) is 19.2 Å². The van der Waals surface area contributed by atoms with Crippen LogP contribution in [0.2, 0.25) is 0 Å². The van der Waals surface area contributed by atoms with E-state index < -0.39 is 43.4 Å². The maximum atomic E-state index is 12.4. The number of rotatable bonds is 30. The molecule has 4 N–H and O–H groups in total. The fourth-order valence-corrected chi connectivity index (χ4v) is 5.06. The largest absolute Gasteiger partial charge is 0.457 e. The van der Waals surface area contributed by atoms with Gasteiger partial charge < -0.3 is 39.4 Å². The smallest absolute Gasteiger partial charge is 0.306 e. The summed E-state index contributed by atoms with van der Waals surface area (Å²) < 4.78 is 22.4. The lowest BCUT2D eigenvalue weighted by Crippen LogP contribution is -2.59. The average Bonchev–Trinajstić information content (AvgIpc) is 3.13. The minimum atomic E-state index is -1.55. The number of allylic oxidation sites excluding steroid dienone is 14. The van der Waals surface area contributed by atoms with Crippen molar-refractivity contribution >= 4 is 5.97 Å². The molecule has 6 unspecified atom stereocenters. The van der Waals surface area contributed by atoms with E-state index in [1.807, 2.05) is 0 Å². The van der Waals surface area contributed by atoms with Gasteiger partial charge in [-0.15, -0.1) is 0 Å². The molecular weight excluding hydrogens is 648 g/mol. The molecule has 0 spiro atoms. The van der Waals surface area contributed by atoms with E-state index in [9.17, 15) is 25.2 Å². The van der Waals surface area contributed by atoms with E-state index in [0.717, 1.165) is 89.9 Å². The van der Waals surface area contributed by atoms with Crippen molar-refractivity contribution in [2.24, 2.45) is 0 Å². The van der Waals surface area contributed by atoms with Crippen molar-refractivity contribution in [3.05, 3.63) is 85.1 Å². The van der Waals surface area contributed by atoms with Crippen molar-refractivity contribution in [2.75, 3.05) is 26.4 Å². The summed E-state index contributed by atoms with van der Waals surface area (Å²) in [5.41, 5.74) is 0. The summed E-state index contributed by atoms with van der Waals surface area (Å²) in [5.74, 6) is -0.353. The van der Waals surface area contributed by atoms with Gasteiger partial charge in [-0.05, 0) is 70.6 Å². The Hall–Kier alpha value is -2.63. The molecule has 0 aromatic rings. The highest BCUT2D eigenvalue weighted by Crippen LogP contribution is 2.22. The summed E-state index contributed by atoms with van der Waals surface area (Å²) >= 11 is 0. The van der Waals surface area contributed by atoms with Gasteiger partial charge in [0.1, 0.15) is 30.5 Å². The van der Waals surface area contributed by atoms with Gasteiger partial charge in [-0.3, -0.25) is 4.79 Å². The number of aliphatic hydroxyl groups excluding tert-OH is 4. The first-order valence-corrected chi connectivity index (χ1v) is 19.2. The van der Waals surface area contributed by atoms with Gasteiger partial charge in [0, 0.05) is 13.0 Å². The molecule has 0 bridgehead atoms. The molecule has 0 aromatic carbocycles.